The van der Waals surface area contributed by atoms with E-state index in [1.165, 1.54) is 0 Å². The average molecular weight is 335 g/mol. The number of thiophene rings is 1. The van der Waals surface area contributed by atoms with Crippen LogP contribution in [0, 0.1) is 31.3 Å². The van der Waals surface area contributed by atoms with Gasteiger partial charge in [0.2, 0.25) is 0 Å². The lowest BCUT2D eigenvalue weighted by Gasteiger charge is -2.11. The predicted molar refractivity (Wildman–Crippen MR) is 70.9 cm³/mol. The van der Waals surface area contributed by atoms with Gasteiger partial charge in [0.1, 0.15) is 0 Å². The molecule has 18 heavy (non-hydrogen) atoms. The molecule has 5 heteroatoms. The lowest BCUT2D eigenvalue weighted by atomic mass is 10.0. The van der Waals surface area contributed by atoms with Gasteiger partial charge in [0.05, 0.1) is 4.83 Å². The summed E-state index contributed by atoms with van der Waals surface area (Å²) in [6, 6.07) is 3.99. The lowest BCUT2D eigenvalue weighted by Crippen LogP contribution is -1.98. The molecule has 0 aliphatic carbocycles. The number of hydrogen-bond acceptors (Lipinski definition) is 1. The van der Waals surface area contributed by atoms with Crippen LogP contribution in [0.1, 0.15) is 25.7 Å². The smallest absolute Gasteiger partial charge is 0.194 e. The molecule has 0 radical (unpaired) electrons. The normalized spacial score (nSPS) is 12.8. The van der Waals surface area contributed by atoms with Crippen LogP contribution in [0.4, 0.5) is 13.2 Å². The van der Waals surface area contributed by atoms with Crippen LogP contribution >= 0.6 is 27.3 Å². The number of alkyl halides is 1. The zero-order valence-electron chi connectivity index (χ0n) is 9.73. The molecule has 0 aliphatic heterocycles. The van der Waals surface area contributed by atoms with Crippen LogP contribution in [0.3, 0.4) is 0 Å². The quantitative estimate of drug-likeness (QED) is 0.518. The first-order chi connectivity index (χ1) is 8.40. The van der Waals surface area contributed by atoms with Crippen molar-refractivity contribution in [1.29, 1.82) is 0 Å². The van der Waals surface area contributed by atoms with Crippen molar-refractivity contribution in [3.63, 3.8) is 0 Å². The van der Waals surface area contributed by atoms with E-state index in [0.717, 1.165) is 27.5 Å². The van der Waals surface area contributed by atoms with Crippen molar-refractivity contribution in [3.05, 3.63) is 56.5 Å². The molecule has 0 saturated carbocycles. The first-order valence-corrected chi connectivity index (χ1v) is 6.98. The van der Waals surface area contributed by atoms with Gasteiger partial charge in [-0.15, -0.1) is 11.3 Å². The van der Waals surface area contributed by atoms with E-state index in [1.54, 1.807) is 11.3 Å². The Kier molecular flexibility index (Phi) is 3.82. The van der Waals surface area contributed by atoms with Crippen molar-refractivity contribution < 1.29 is 13.2 Å². The van der Waals surface area contributed by atoms with Gasteiger partial charge in [-0.1, -0.05) is 15.9 Å². The Hall–Kier alpha value is -0.810. The summed E-state index contributed by atoms with van der Waals surface area (Å²) in [5.74, 6) is -3.77. The Bertz CT molecular complexity index is 569. The summed E-state index contributed by atoms with van der Waals surface area (Å²) >= 11 is 5.01. The fourth-order valence-corrected chi connectivity index (χ4v) is 3.66. The summed E-state index contributed by atoms with van der Waals surface area (Å²) in [6.07, 6.45) is 0. The summed E-state index contributed by atoms with van der Waals surface area (Å²) in [4.78, 5) is 1.85. The van der Waals surface area contributed by atoms with E-state index in [1.807, 2.05) is 19.9 Å². The maximum Gasteiger partial charge on any atom is 0.194 e. The molecule has 2 rings (SSSR count). The molecule has 0 nitrogen and oxygen atoms in total. The van der Waals surface area contributed by atoms with Crippen LogP contribution in [0.2, 0.25) is 0 Å². The van der Waals surface area contributed by atoms with Gasteiger partial charge in [0.15, 0.2) is 17.5 Å². The second kappa shape index (κ2) is 5.05. The Morgan fingerprint density at radius 2 is 1.61 bits per heavy atom. The molecule has 1 atom stereocenters. The molecule has 0 fully saturated rings. The maximum absolute atomic E-state index is 13.2. The summed E-state index contributed by atoms with van der Waals surface area (Å²) in [5, 5.41) is 0. The third-order valence-electron chi connectivity index (χ3n) is 2.65. The minimum Gasteiger partial charge on any atom is -0.204 e. The molecular formula is C13H10BrF3S. The van der Waals surface area contributed by atoms with Crippen LogP contribution in [-0.2, 0) is 0 Å². The van der Waals surface area contributed by atoms with Gasteiger partial charge in [-0.25, -0.2) is 13.2 Å². The van der Waals surface area contributed by atoms with Crippen LogP contribution < -0.4 is 0 Å². The zero-order valence-corrected chi connectivity index (χ0v) is 12.1. The summed E-state index contributed by atoms with van der Waals surface area (Å²) in [7, 11) is 0. The number of hydrogen-bond donors (Lipinski definition) is 0. The zero-order chi connectivity index (χ0) is 13.4. The molecule has 0 aliphatic rings. The highest BCUT2D eigenvalue weighted by Gasteiger charge is 2.19. The van der Waals surface area contributed by atoms with Crippen molar-refractivity contribution in [2.24, 2.45) is 0 Å². The van der Waals surface area contributed by atoms with E-state index in [9.17, 15) is 13.2 Å². The fraction of sp³-hybridized carbons (Fsp3) is 0.231. The second-order valence-electron chi connectivity index (χ2n) is 4.03. The van der Waals surface area contributed by atoms with Crippen LogP contribution in [0.15, 0.2) is 18.2 Å². The fourth-order valence-electron chi connectivity index (χ4n) is 1.80. The van der Waals surface area contributed by atoms with E-state index >= 15 is 0 Å². The van der Waals surface area contributed by atoms with E-state index in [-0.39, 0.29) is 4.83 Å². The maximum atomic E-state index is 13.2. The Morgan fingerprint density at radius 1 is 1.06 bits per heavy atom. The Morgan fingerprint density at radius 3 is 2.06 bits per heavy atom. The van der Waals surface area contributed by atoms with Gasteiger partial charge >= 0.3 is 0 Å². The predicted octanol–water partition coefficient (Wildman–Crippen LogP) is 5.27. The summed E-state index contributed by atoms with van der Waals surface area (Å²) in [6.45, 7) is 3.91. The molecule has 0 saturated heterocycles. The number of aryl methyl sites for hydroxylation is 2. The van der Waals surface area contributed by atoms with Crippen molar-refractivity contribution in [2.75, 3.05) is 0 Å². The standard InChI is InChI=1S/C13H10BrF3S/c1-6-3-9(7(2)18-6)12(14)8-4-10(15)13(17)11(16)5-8/h3-5,12H,1-2H3. The highest BCUT2D eigenvalue weighted by Crippen LogP contribution is 2.37. The molecule has 0 N–H and O–H groups in total. The molecule has 96 valence electrons. The highest BCUT2D eigenvalue weighted by atomic mass is 79.9. The largest absolute Gasteiger partial charge is 0.204 e. The van der Waals surface area contributed by atoms with Crippen molar-refractivity contribution in [1.82, 2.24) is 0 Å². The molecule has 1 aromatic carbocycles. The van der Waals surface area contributed by atoms with Gasteiger partial charge in [-0.05, 0) is 43.2 Å². The van der Waals surface area contributed by atoms with E-state index < -0.39 is 17.5 Å². The van der Waals surface area contributed by atoms with E-state index in [4.69, 9.17) is 0 Å². The lowest BCUT2D eigenvalue weighted by molar-refractivity contribution is 0.445. The van der Waals surface area contributed by atoms with E-state index in [0.29, 0.717) is 5.56 Å². The SMILES string of the molecule is Cc1cc(C(Br)c2cc(F)c(F)c(F)c2)c(C)s1. The minimum absolute atomic E-state index is 0.341. The first kappa shape index (κ1) is 13.6. The highest BCUT2D eigenvalue weighted by molar-refractivity contribution is 9.09. The Balaban J connectivity index is 2.46. The summed E-state index contributed by atoms with van der Waals surface area (Å²) < 4.78 is 39.3. The third kappa shape index (κ3) is 2.47. The number of benzene rings is 1. The molecule has 1 unspecified atom stereocenters. The van der Waals surface area contributed by atoms with Crippen LogP contribution in [0.25, 0.3) is 0 Å². The Labute approximate surface area is 116 Å². The molecule has 1 aromatic heterocycles. The van der Waals surface area contributed by atoms with Gasteiger partial charge < -0.3 is 0 Å². The number of halogens is 4. The molecule has 0 amide bonds. The molecule has 1 heterocycles. The van der Waals surface area contributed by atoms with Gasteiger partial charge in [-0.2, -0.15) is 0 Å². The topological polar surface area (TPSA) is 0 Å². The van der Waals surface area contributed by atoms with E-state index in [2.05, 4.69) is 15.9 Å². The van der Waals surface area contributed by atoms with Gasteiger partial charge in [-0.3, -0.25) is 0 Å². The number of rotatable bonds is 2. The van der Waals surface area contributed by atoms with Crippen molar-refractivity contribution in [3.8, 4) is 0 Å². The van der Waals surface area contributed by atoms with Crippen LogP contribution in [-0.4, -0.2) is 0 Å². The van der Waals surface area contributed by atoms with Gasteiger partial charge in [0, 0.05) is 9.75 Å². The molecule has 2 aromatic rings. The summed E-state index contributed by atoms with van der Waals surface area (Å²) in [5.41, 5.74) is 1.32. The third-order valence-corrected chi connectivity index (χ3v) is 4.65. The first-order valence-electron chi connectivity index (χ1n) is 5.25. The van der Waals surface area contributed by atoms with Crippen LogP contribution in [0.5, 0.6) is 0 Å². The van der Waals surface area contributed by atoms with Gasteiger partial charge in [0.25, 0.3) is 0 Å². The average Bonchev–Trinajstić information content (AvgIpc) is 2.63. The monoisotopic (exact) mass is 334 g/mol. The molecule has 0 spiro atoms. The molecular weight excluding hydrogens is 325 g/mol. The molecule has 0 bridgehead atoms. The minimum atomic E-state index is -1.43. The van der Waals surface area contributed by atoms with Crippen molar-refractivity contribution in [2.45, 2.75) is 18.7 Å². The van der Waals surface area contributed by atoms with Crippen molar-refractivity contribution >= 4 is 27.3 Å². The second-order valence-corrected chi connectivity index (χ2v) is 6.41.